The highest BCUT2D eigenvalue weighted by Crippen LogP contribution is 2.68. The Hall–Kier alpha value is -3.28. The number of ether oxygens (including phenoxy) is 10. The molecule has 3 unspecified atom stereocenters. The van der Waals surface area contributed by atoms with Crippen LogP contribution in [-0.4, -0.2) is 116 Å². The molecule has 0 spiro atoms. The Bertz CT molecular complexity index is 2090. The van der Waals surface area contributed by atoms with Crippen molar-refractivity contribution in [2.75, 3.05) is 26.4 Å². The summed E-state index contributed by atoms with van der Waals surface area (Å²) in [6, 6.07) is 17.2. The van der Waals surface area contributed by atoms with Crippen molar-refractivity contribution >= 4 is 11.9 Å². The minimum atomic E-state index is -1.37. The fraction of sp³-hybridized carbons (Fsp3) is 0.698. The molecule has 14 heteroatoms. The van der Waals surface area contributed by atoms with Crippen molar-refractivity contribution in [1.82, 2.24) is 5.32 Å². The van der Waals surface area contributed by atoms with Crippen LogP contribution in [0.25, 0.3) is 0 Å². The van der Waals surface area contributed by atoms with Crippen LogP contribution >= 0.6 is 0 Å². The van der Waals surface area contributed by atoms with Gasteiger partial charge in [-0.3, -0.25) is 4.79 Å². The number of carbonyl (C=O) groups excluding carboxylic acids is 2. The van der Waals surface area contributed by atoms with Gasteiger partial charge in [-0.15, -0.1) is 0 Å². The first kappa shape index (κ1) is 48.7. The highest BCUT2D eigenvalue weighted by Gasteiger charge is 2.76. The number of rotatable bonds is 14. The molecule has 2 saturated carbocycles. The molecule has 0 radical (unpaired) electrons. The Morgan fingerprint density at radius 2 is 1.54 bits per heavy atom. The summed E-state index contributed by atoms with van der Waals surface area (Å²) in [6.45, 7) is 17.5. The molecule has 4 saturated heterocycles. The van der Waals surface area contributed by atoms with E-state index in [2.05, 4.69) is 26.1 Å². The van der Waals surface area contributed by atoms with Gasteiger partial charge in [0, 0.05) is 48.6 Å². The third-order valence-corrected chi connectivity index (χ3v) is 16.1. The Balaban J connectivity index is 1.21. The molecule has 2 aromatic rings. The fourth-order valence-electron chi connectivity index (χ4n) is 12.8. The summed E-state index contributed by atoms with van der Waals surface area (Å²) in [5.41, 5.74) is -1.52. The van der Waals surface area contributed by atoms with Crippen LogP contribution in [0.3, 0.4) is 0 Å². The van der Waals surface area contributed by atoms with Gasteiger partial charge < -0.3 is 57.8 Å². The second-order valence-electron chi connectivity index (χ2n) is 21.1. The number of amides is 1. The number of carbonyl (C=O) groups is 2. The molecular weight excluding hydrogens is 859 g/mol. The van der Waals surface area contributed by atoms with Crippen LogP contribution in [0.1, 0.15) is 135 Å². The van der Waals surface area contributed by atoms with Gasteiger partial charge in [-0.25, -0.2) is 4.79 Å². The van der Waals surface area contributed by atoms with Gasteiger partial charge in [0.15, 0.2) is 30.8 Å². The van der Waals surface area contributed by atoms with Crippen molar-refractivity contribution in [2.24, 2.45) is 16.7 Å². The molecule has 6 fully saturated rings. The van der Waals surface area contributed by atoms with E-state index in [4.69, 9.17) is 47.4 Å². The largest absolute Gasteiger partial charge is 0.456 e. The number of benzene rings is 2. The lowest BCUT2D eigenvalue weighted by Crippen LogP contribution is -2.79. The first-order valence-corrected chi connectivity index (χ1v) is 24.9. The van der Waals surface area contributed by atoms with Crippen LogP contribution in [-0.2, 0) is 52.2 Å². The van der Waals surface area contributed by atoms with Crippen LogP contribution < -0.4 is 5.32 Å². The molecule has 0 aromatic heterocycles. The molecule has 9 rings (SSSR count). The zero-order valence-corrected chi connectivity index (χ0v) is 40.7. The van der Waals surface area contributed by atoms with Crippen molar-refractivity contribution in [2.45, 2.75) is 192 Å². The molecule has 67 heavy (non-hydrogen) atoms. The zero-order chi connectivity index (χ0) is 47.4. The lowest BCUT2D eigenvalue weighted by molar-refractivity contribution is -0.382. The second-order valence-corrected chi connectivity index (χ2v) is 21.1. The Kier molecular flexibility index (Phi) is 13.9. The van der Waals surface area contributed by atoms with E-state index in [-0.39, 0.29) is 18.9 Å². The Morgan fingerprint density at radius 3 is 2.16 bits per heavy atom. The van der Waals surface area contributed by atoms with E-state index in [9.17, 15) is 9.90 Å². The lowest BCUT2D eigenvalue weighted by Gasteiger charge is -2.69. The number of hydrogen-bond donors (Lipinski definition) is 2. The number of aliphatic hydroxyl groups is 1. The van der Waals surface area contributed by atoms with E-state index in [1.165, 1.54) is 0 Å². The summed E-state index contributed by atoms with van der Waals surface area (Å²) < 4.78 is 67.9. The Labute approximate surface area is 396 Å². The smallest absolute Gasteiger partial charge is 0.338 e. The molecule has 14 nitrogen and oxygen atoms in total. The summed E-state index contributed by atoms with van der Waals surface area (Å²) >= 11 is 0. The Morgan fingerprint density at radius 1 is 0.866 bits per heavy atom. The van der Waals surface area contributed by atoms with Gasteiger partial charge in [0.1, 0.15) is 23.4 Å². The van der Waals surface area contributed by atoms with Gasteiger partial charge in [0.05, 0.1) is 31.0 Å². The van der Waals surface area contributed by atoms with E-state index in [1.54, 1.807) is 31.2 Å². The predicted molar refractivity (Wildman–Crippen MR) is 245 cm³/mol. The quantitative estimate of drug-likeness (QED) is 0.107. The first-order valence-electron chi connectivity index (χ1n) is 24.9. The topological polar surface area (TPSA) is 159 Å². The average Bonchev–Trinajstić information content (AvgIpc) is 3.63. The van der Waals surface area contributed by atoms with Crippen molar-refractivity contribution < 1.29 is 62.1 Å². The SMILES string of the molecule is CCOC(C)O[C@@H](C(=O)O[C@H]1C[C@@]2(OC3CCCCO3)[C@@H](OC3CCCCO3)[C@H]3[C@@](C)(CC[C@H]4OC[C@]43O)[C@H]3OC(C)(C)O[C@@H]3C(=C1C)C2(C)C)[C@@H](NC(=O)c1ccccc1)c1ccccc1. The van der Waals surface area contributed by atoms with Crippen LogP contribution in [0.5, 0.6) is 0 Å². The first-order chi connectivity index (χ1) is 32.0. The monoisotopic (exact) mass is 932 g/mol. The maximum Gasteiger partial charge on any atom is 0.338 e. The van der Waals surface area contributed by atoms with Crippen LogP contribution in [0.15, 0.2) is 71.8 Å². The van der Waals surface area contributed by atoms with E-state index in [0.29, 0.717) is 56.6 Å². The lowest BCUT2D eigenvalue weighted by atomic mass is 9.45. The van der Waals surface area contributed by atoms with Crippen LogP contribution in [0, 0.1) is 16.7 Å². The average molecular weight is 932 g/mol. The molecule has 2 aromatic carbocycles. The van der Waals surface area contributed by atoms with Crippen LogP contribution in [0.2, 0.25) is 0 Å². The van der Waals surface area contributed by atoms with Crippen molar-refractivity contribution in [3.63, 3.8) is 0 Å². The molecule has 7 aliphatic rings. The summed E-state index contributed by atoms with van der Waals surface area (Å²) in [4.78, 5) is 29.5. The normalized spacial score (nSPS) is 37.8. The van der Waals surface area contributed by atoms with E-state index in [1.807, 2.05) is 64.1 Å². The van der Waals surface area contributed by atoms with Crippen molar-refractivity contribution in [3.05, 3.63) is 82.9 Å². The molecule has 368 valence electrons. The number of hydrogen-bond acceptors (Lipinski definition) is 13. The highest BCUT2D eigenvalue weighted by atomic mass is 16.8. The van der Waals surface area contributed by atoms with Gasteiger partial charge in [0.25, 0.3) is 5.91 Å². The minimum absolute atomic E-state index is 0.119. The number of fused-ring (bicyclic) bond motifs is 8. The van der Waals surface area contributed by atoms with E-state index in [0.717, 1.165) is 36.8 Å². The number of nitrogens with one attached hydrogen (secondary N) is 1. The highest BCUT2D eigenvalue weighted by molar-refractivity contribution is 5.95. The van der Waals surface area contributed by atoms with Gasteiger partial charge in [0.2, 0.25) is 0 Å². The zero-order valence-electron chi connectivity index (χ0n) is 40.7. The molecular formula is C53H73NO13. The molecule has 4 aliphatic heterocycles. The van der Waals surface area contributed by atoms with E-state index >= 15 is 4.79 Å². The van der Waals surface area contributed by atoms with Crippen LogP contribution in [0.4, 0.5) is 0 Å². The summed E-state index contributed by atoms with van der Waals surface area (Å²) in [6.07, 6.45) is -0.398. The molecule has 2 bridgehead atoms. The van der Waals surface area contributed by atoms with Gasteiger partial charge in [-0.05, 0) is 115 Å². The van der Waals surface area contributed by atoms with Crippen molar-refractivity contribution in [3.8, 4) is 0 Å². The number of esters is 1. The molecule has 1 amide bonds. The van der Waals surface area contributed by atoms with Crippen molar-refractivity contribution in [1.29, 1.82) is 0 Å². The van der Waals surface area contributed by atoms with E-state index < -0.39 is 101 Å². The summed E-state index contributed by atoms with van der Waals surface area (Å²) in [5.74, 6) is -2.72. The van der Waals surface area contributed by atoms with Gasteiger partial charge in [-0.2, -0.15) is 0 Å². The maximum absolute atomic E-state index is 15.5. The molecule has 2 N–H and O–H groups in total. The third kappa shape index (κ3) is 8.95. The second kappa shape index (κ2) is 19.1. The molecule has 3 aliphatic carbocycles. The fourth-order valence-corrected chi connectivity index (χ4v) is 12.8. The van der Waals surface area contributed by atoms with Gasteiger partial charge >= 0.3 is 5.97 Å². The summed E-state index contributed by atoms with van der Waals surface area (Å²) in [5, 5.41) is 16.4. The minimum Gasteiger partial charge on any atom is -0.456 e. The molecule has 4 heterocycles. The van der Waals surface area contributed by atoms with Gasteiger partial charge in [-0.1, -0.05) is 69.3 Å². The predicted octanol–water partition coefficient (Wildman–Crippen LogP) is 7.86. The maximum atomic E-state index is 15.5. The standard InChI is InChI=1S/C53H73NO13/c1-9-58-33(3)62-43(41(34-20-12-10-13-21-34)54-47(55)35-22-14-11-15-23-35)48(56)63-36-30-53(65-39-25-17-19-29-60-39)46(64-38-24-16-18-28-59-38)44-51(8,27-26-37-52(44,57)31-61-37)45-42(66-50(6,7)67-45)40(32(36)2)49(53,4)5/h10-15,20-23,33,36-39,41-46,57H,9,16-19,24-31H2,1-8H3,(H,54,55)/t33?,36-,37+,38?,39?,41-,42+,43+,44-,45-,46-,51+,52-,53+/m0/s1. The third-order valence-electron chi connectivity index (χ3n) is 16.1. The summed E-state index contributed by atoms with van der Waals surface area (Å²) in [7, 11) is 0. The molecule has 14 atom stereocenters.